The fourth-order valence-corrected chi connectivity index (χ4v) is 4.65. The maximum absolute atomic E-state index is 13.4. The van der Waals surface area contributed by atoms with Crippen molar-refractivity contribution in [2.45, 2.75) is 5.66 Å². The fraction of sp³-hybridized carbons (Fsp3) is 0.174. The lowest BCUT2D eigenvalue weighted by atomic mass is 9.90. The third-order valence-electron chi connectivity index (χ3n) is 5.78. The zero-order valence-electron chi connectivity index (χ0n) is 16.1. The predicted molar refractivity (Wildman–Crippen MR) is 114 cm³/mol. The van der Waals surface area contributed by atoms with Crippen molar-refractivity contribution in [3.05, 3.63) is 94.8 Å². The van der Waals surface area contributed by atoms with Gasteiger partial charge in [0.1, 0.15) is 0 Å². The van der Waals surface area contributed by atoms with Gasteiger partial charge in [-0.25, -0.2) is 0 Å². The molecule has 2 aromatic carbocycles. The molecule has 1 atom stereocenters. The molecule has 1 aromatic heterocycles. The summed E-state index contributed by atoms with van der Waals surface area (Å²) in [7, 11) is 0. The minimum absolute atomic E-state index is 0.0575. The van der Waals surface area contributed by atoms with E-state index in [0.29, 0.717) is 23.7 Å². The van der Waals surface area contributed by atoms with Gasteiger partial charge in [0.15, 0.2) is 5.66 Å². The molecule has 1 saturated heterocycles. The van der Waals surface area contributed by atoms with Crippen molar-refractivity contribution >= 4 is 29.1 Å². The molecule has 2 amide bonds. The van der Waals surface area contributed by atoms with Gasteiger partial charge in [-0.05, 0) is 30.3 Å². The molecule has 0 bridgehead atoms. The number of halogens is 1. The third kappa shape index (κ3) is 2.68. The molecule has 7 heteroatoms. The summed E-state index contributed by atoms with van der Waals surface area (Å²) in [6.45, 7) is 1.04. The van der Waals surface area contributed by atoms with E-state index >= 15 is 0 Å². The van der Waals surface area contributed by atoms with Crippen LogP contribution in [0.2, 0.25) is 5.02 Å². The molecule has 0 aliphatic carbocycles. The number of fused-ring (bicyclic) bond motifs is 3. The van der Waals surface area contributed by atoms with Gasteiger partial charge in [0.05, 0.1) is 6.54 Å². The number of carbonyl (C=O) groups is 2. The number of hydrogen-bond acceptors (Lipinski definition) is 4. The number of hydrogen-bond donors (Lipinski definition) is 1. The summed E-state index contributed by atoms with van der Waals surface area (Å²) < 4.78 is 0. The second-order valence-corrected chi connectivity index (χ2v) is 7.75. The SMILES string of the molecule is O=C(CNc1ccncc1)N1CCN2C(=O)c3ccccc3C12c1ccc(Cl)cc1. The van der Waals surface area contributed by atoms with E-state index in [9.17, 15) is 9.59 Å². The van der Waals surface area contributed by atoms with Crippen LogP contribution in [-0.2, 0) is 10.5 Å². The van der Waals surface area contributed by atoms with Crippen molar-refractivity contribution in [3.63, 3.8) is 0 Å². The first-order chi connectivity index (χ1) is 14.6. The standard InChI is InChI=1S/C23H19ClN4O2/c24-17-7-5-16(6-8-17)23-20-4-2-1-3-19(20)22(30)28(23)14-13-27(23)21(29)15-26-18-9-11-25-12-10-18/h1-12H,13-15H2,(H,25,26). The Bertz CT molecular complexity index is 1120. The molecule has 6 nitrogen and oxygen atoms in total. The zero-order chi connectivity index (χ0) is 20.7. The van der Waals surface area contributed by atoms with E-state index < -0.39 is 5.66 Å². The molecule has 1 N–H and O–H groups in total. The number of benzene rings is 2. The fourth-order valence-electron chi connectivity index (χ4n) is 4.53. The second-order valence-electron chi connectivity index (χ2n) is 7.32. The number of anilines is 1. The Hall–Kier alpha value is -3.38. The molecule has 0 spiro atoms. The maximum atomic E-state index is 13.4. The highest BCUT2D eigenvalue weighted by Gasteiger charge is 2.59. The first-order valence-electron chi connectivity index (χ1n) is 9.74. The van der Waals surface area contributed by atoms with E-state index in [2.05, 4.69) is 10.3 Å². The molecule has 30 heavy (non-hydrogen) atoms. The van der Waals surface area contributed by atoms with Gasteiger partial charge in [-0.15, -0.1) is 0 Å². The van der Waals surface area contributed by atoms with Crippen molar-refractivity contribution in [1.29, 1.82) is 0 Å². The average molecular weight is 419 g/mol. The summed E-state index contributed by atoms with van der Waals surface area (Å²) in [6, 6.07) is 18.5. The number of pyridine rings is 1. The molecule has 1 fully saturated rings. The van der Waals surface area contributed by atoms with Crippen LogP contribution in [0.15, 0.2) is 73.1 Å². The molecular weight excluding hydrogens is 400 g/mol. The van der Waals surface area contributed by atoms with E-state index in [-0.39, 0.29) is 18.4 Å². The van der Waals surface area contributed by atoms with Crippen LogP contribution in [0.5, 0.6) is 0 Å². The van der Waals surface area contributed by atoms with Gasteiger partial charge < -0.3 is 15.1 Å². The van der Waals surface area contributed by atoms with Gasteiger partial charge in [-0.1, -0.05) is 41.9 Å². The highest BCUT2D eigenvalue weighted by Crippen LogP contribution is 2.49. The van der Waals surface area contributed by atoms with Crippen LogP contribution in [0.1, 0.15) is 21.5 Å². The van der Waals surface area contributed by atoms with E-state index in [0.717, 1.165) is 16.8 Å². The lowest BCUT2D eigenvalue weighted by Crippen LogP contribution is -2.52. The van der Waals surface area contributed by atoms with Crippen LogP contribution in [0.25, 0.3) is 0 Å². The number of aromatic nitrogens is 1. The third-order valence-corrected chi connectivity index (χ3v) is 6.03. The van der Waals surface area contributed by atoms with Crippen LogP contribution in [0.3, 0.4) is 0 Å². The Morgan fingerprint density at radius 1 is 1.03 bits per heavy atom. The molecule has 3 heterocycles. The topological polar surface area (TPSA) is 65.5 Å². The van der Waals surface area contributed by atoms with E-state index in [4.69, 9.17) is 11.6 Å². The number of nitrogens with one attached hydrogen (secondary N) is 1. The number of rotatable bonds is 4. The van der Waals surface area contributed by atoms with Gasteiger partial charge in [-0.2, -0.15) is 0 Å². The Morgan fingerprint density at radius 2 is 1.77 bits per heavy atom. The summed E-state index contributed by atoms with van der Waals surface area (Å²) in [5.41, 5.74) is 2.16. The lowest BCUT2D eigenvalue weighted by molar-refractivity contribution is -0.134. The molecule has 3 aromatic rings. The number of amides is 2. The van der Waals surface area contributed by atoms with Gasteiger partial charge in [0, 0.05) is 52.9 Å². The van der Waals surface area contributed by atoms with Gasteiger partial charge >= 0.3 is 0 Å². The van der Waals surface area contributed by atoms with Crippen LogP contribution < -0.4 is 5.32 Å². The van der Waals surface area contributed by atoms with Gasteiger partial charge in [-0.3, -0.25) is 14.6 Å². The van der Waals surface area contributed by atoms with E-state index in [1.165, 1.54) is 0 Å². The highest BCUT2D eigenvalue weighted by molar-refractivity contribution is 6.30. The maximum Gasteiger partial charge on any atom is 0.256 e. The molecule has 2 aliphatic rings. The van der Waals surface area contributed by atoms with Crippen molar-refractivity contribution in [1.82, 2.24) is 14.8 Å². The molecule has 1 unspecified atom stereocenters. The molecule has 150 valence electrons. The first kappa shape index (κ1) is 18.6. The summed E-state index contributed by atoms with van der Waals surface area (Å²) >= 11 is 6.13. The Kier molecular flexibility index (Phi) is 4.44. The lowest BCUT2D eigenvalue weighted by Gasteiger charge is -2.40. The Labute approximate surface area is 179 Å². The highest BCUT2D eigenvalue weighted by atomic mass is 35.5. The van der Waals surface area contributed by atoms with Crippen molar-refractivity contribution in [3.8, 4) is 0 Å². The largest absolute Gasteiger partial charge is 0.376 e. The van der Waals surface area contributed by atoms with Crippen LogP contribution in [0, 0.1) is 0 Å². The zero-order valence-corrected chi connectivity index (χ0v) is 16.8. The minimum Gasteiger partial charge on any atom is -0.376 e. The average Bonchev–Trinajstić information content (AvgIpc) is 3.29. The Balaban J connectivity index is 1.58. The van der Waals surface area contributed by atoms with Gasteiger partial charge in [0.2, 0.25) is 5.91 Å². The monoisotopic (exact) mass is 418 g/mol. The predicted octanol–water partition coefficient (Wildman–Crippen LogP) is 3.35. The molecule has 0 radical (unpaired) electrons. The number of carbonyl (C=O) groups excluding carboxylic acids is 2. The van der Waals surface area contributed by atoms with Crippen molar-refractivity contribution in [2.24, 2.45) is 0 Å². The van der Waals surface area contributed by atoms with E-state index in [1.807, 2.05) is 48.5 Å². The first-order valence-corrected chi connectivity index (χ1v) is 10.1. The van der Waals surface area contributed by atoms with E-state index in [1.54, 1.807) is 34.3 Å². The van der Waals surface area contributed by atoms with Crippen LogP contribution >= 0.6 is 11.6 Å². The van der Waals surface area contributed by atoms with Gasteiger partial charge in [0.25, 0.3) is 5.91 Å². The summed E-state index contributed by atoms with van der Waals surface area (Å²) in [5.74, 6) is -0.147. The molecular formula is C23H19ClN4O2. The summed E-state index contributed by atoms with van der Waals surface area (Å²) in [5, 5.41) is 3.76. The van der Waals surface area contributed by atoms with Crippen LogP contribution in [0.4, 0.5) is 5.69 Å². The summed E-state index contributed by atoms with van der Waals surface area (Å²) in [4.78, 5) is 34.2. The minimum atomic E-state index is -0.963. The Morgan fingerprint density at radius 3 is 2.53 bits per heavy atom. The van der Waals surface area contributed by atoms with Crippen molar-refractivity contribution < 1.29 is 9.59 Å². The van der Waals surface area contributed by atoms with Crippen molar-refractivity contribution in [2.75, 3.05) is 25.0 Å². The van der Waals surface area contributed by atoms with Crippen LogP contribution in [-0.4, -0.2) is 46.2 Å². The molecule has 2 aliphatic heterocycles. The molecule has 0 saturated carbocycles. The number of nitrogens with zero attached hydrogens (tertiary/aromatic N) is 3. The molecule has 5 rings (SSSR count). The smallest absolute Gasteiger partial charge is 0.256 e. The second kappa shape index (κ2) is 7.15. The summed E-state index contributed by atoms with van der Waals surface area (Å²) in [6.07, 6.45) is 3.34. The quantitative estimate of drug-likeness (QED) is 0.705. The normalized spacial score (nSPS) is 19.6.